The average Bonchev–Trinajstić information content (AvgIpc) is 3.59. The van der Waals surface area contributed by atoms with Gasteiger partial charge in [-0.1, -0.05) is 18.2 Å². The van der Waals surface area contributed by atoms with Crippen molar-refractivity contribution in [2.75, 3.05) is 13.7 Å². The lowest BCUT2D eigenvalue weighted by Gasteiger charge is -2.25. The van der Waals surface area contributed by atoms with Crippen LogP contribution in [0.1, 0.15) is 30.9 Å². The fraction of sp³-hybridized carbons (Fsp3) is 0.348. The van der Waals surface area contributed by atoms with Gasteiger partial charge in [0.05, 0.1) is 7.11 Å². The number of urea groups is 1. The van der Waals surface area contributed by atoms with Crippen LogP contribution in [-0.4, -0.2) is 47.3 Å². The first-order valence-electron chi connectivity index (χ1n) is 10.2. The maximum atomic E-state index is 13.7. The van der Waals surface area contributed by atoms with Gasteiger partial charge in [0.25, 0.3) is 5.91 Å². The first kappa shape index (κ1) is 21.7. The Morgan fingerprint density at radius 1 is 1.16 bits per heavy atom. The van der Waals surface area contributed by atoms with Crippen molar-refractivity contribution in [3.05, 3.63) is 65.2 Å². The summed E-state index contributed by atoms with van der Waals surface area (Å²) in [6.07, 6.45) is 1.71. The maximum absolute atomic E-state index is 13.7. The molecular weight excluding hydrogens is 420 g/mol. The van der Waals surface area contributed by atoms with Crippen molar-refractivity contribution >= 4 is 17.8 Å². The standard InChI is InChI=1S/C23H23F2N3O4/c1-23(15-5-10-18(24)19(25)11-15)21(30)28(22(31)26-23)13-20(29)27(16-6-7-16)12-14-3-8-17(32-2)9-4-14/h3-5,8-11,16H,6-7,12-13H2,1-2H3,(H,26,31)/t23-/m0/s1. The quantitative estimate of drug-likeness (QED) is 0.668. The number of halogens is 2. The highest BCUT2D eigenvalue weighted by Crippen LogP contribution is 2.32. The molecule has 0 bridgehead atoms. The number of hydrogen-bond acceptors (Lipinski definition) is 4. The van der Waals surface area contributed by atoms with Crippen LogP contribution in [0, 0.1) is 11.6 Å². The normalized spacial score (nSPS) is 20.3. The van der Waals surface area contributed by atoms with Crippen LogP contribution in [0.15, 0.2) is 42.5 Å². The zero-order valence-electron chi connectivity index (χ0n) is 17.7. The number of carbonyl (C=O) groups is 3. The molecule has 2 aromatic carbocycles. The molecule has 4 rings (SSSR count). The zero-order valence-corrected chi connectivity index (χ0v) is 17.7. The lowest BCUT2D eigenvalue weighted by molar-refractivity contribution is -0.139. The Labute approximate surface area is 183 Å². The molecule has 1 saturated carbocycles. The van der Waals surface area contributed by atoms with Crippen molar-refractivity contribution in [1.29, 1.82) is 0 Å². The average molecular weight is 443 g/mol. The summed E-state index contributed by atoms with van der Waals surface area (Å²) in [5, 5.41) is 2.51. The van der Waals surface area contributed by atoms with E-state index in [0.29, 0.717) is 12.3 Å². The Balaban J connectivity index is 1.50. The van der Waals surface area contributed by atoms with Crippen molar-refractivity contribution in [1.82, 2.24) is 15.1 Å². The van der Waals surface area contributed by atoms with E-state index in [-0.39, 0.29) is 17.5 Å². The molecule has 1 aliphatic heterocycles. The Kier molecular flexibility index (Phi) is 5.58. The molecule has 9 heteroatoms. The van der Waals surface area contributed by atoms with Crippen LogP contribution in [-0.2, 0) is 21.7 Å². The second kappa shape index (κ2) is 8.22. The highest BCUT2D eigenvalue weighted by molar-refractivity contribution is 6.09. The molecule has 1 N–H and O–H groups in total. The van der Waals surface area contributed by atoms with E-state index in [1.165, 1.54) is 13.0 Å². The predicted molar refractivity (Wildman–Crippen MR) is 111 cm³/mol. The van der Waals surface area contributed by atoms with Gasteiger partial charge in [-0.25, -0.2) is 13.6 Å². The molecule has 1 saturated heterocycles. The number of carbonyl (C=O) groups excluding carboxylic acids is 3. The summed E-state index contributed by atoms with van der Waals surface area (Å²) in [7, 11) is 1.57. The van der Waals surface area contributed by atoms with E-state index in [1.807, 2.05) is 12.1 Å². The third-order valence-corrected chi connectivity index (χ3v) is 5.89. The van der Waals surface area contributed by atoms with Crippen LogP contribution in [0.25, 0.3) is 0 Å². The fourth-order valence-corrected chi connectivity index (χ4v) is 3.80. The van der Waals surface area contributed by atoms with Crippen LogP contribution < -0.4 is 10.1 Å². The molecular formula is C23H23F2N3O4. The van der Waals surface area contributed by atoms with E-state index in [1.54, 1.807) is 24.1 Å². The number of amides is 4. The van der Waals surface area contributed by atoms with Crippen LogP contribution >= 0.6 is 0 Å². The molecule has 4 amide bonds. The van der Waals surface area contributed by atoms with E-state index >= 15 is 0 Å². The number of ether oxygens (including phenoxy) is 1. The van der Waals surface area contributed by atoms with Gasteiger partial charge < -0.3 is 15.0 Å². The third-order valence-electron chi connectivity index (χ3n) is 5.89. The molecule has 0 unspecified atom stereocenters. The van der Waals surface area contributed by atoms with Gasteiger partial charge in [0, 0.05) is 12.6 Å². The number of rotatable bonds is 7. The highest BCUT2D eigenvalue weighted by atomic mass is 19.2. The van der Waals surface area contributed by atoms with E-state index in [9.17, 15) is 23.2 Å². The maximum Gasteiger partial charge on any atom is 0.325 e. The van der Waals surface area contributed by atoms with Gasteiger partial charge in [-0.15, -0.1) is 0 Å². The molecule has 7 nitrogen and oxygen atoms in total. The minimum Gasteiger partial charge on any atom is -0.497 e. The fourth-order valence-electron chi connectivity index (χ4n) is 3.80. The van der Waals surface area contributed by atoms with Crippen molar-refractivity contribution in [3.8, 4) is 5.75 Å². The molecule has 1 aliphatic carbocycles. The van der Waals surface area contributed by atoms with Crippen molar-refractivity contribution in [3.63, 3.8) is 0 Å². The molecule has 1 atom stereocenters. The minimum absolute atomic E-state index is 0.0583. The smallest absolute Gasteiger partial charge is 0.325 e. The largest absolute Gasteiger partial charge is 0.497 e. The van der Waals surface area contributed by atoms with Crippen LogP contribution in [0.5, 0.6) is 5.75 Å². The number of imide groups is 1. The Bertz CT molecular complexity index is 1070. The first-order chi connectivity index (χ1) is 15.2. The van der Waals surface area contributed by atoms with Gasteiger partial charge in [0.15, 0.2) is 11.6 Å². The molecule has 32 heavy (non-hydrogen) atoms. The lowest BCUT2D eigenvalue weighted by Crippen LogP contribution is -2.45. The summed E-state index contributed by atoms with van der Waals surface area (Å²) in [6, 6.07) is 9.63. The number of nitrogens with zero attached hydrogens (tertiary/aromatic N) is 2. The molecule has 0 spiro atoms. The molecule has 1 heterocycles. The summed E-state index contributed by atoms with van der Waals surface area (Å²) in [5.74, 6) is -2.53. The monoisotopic (exact) mass is 443 g/mol. The predicted octanol–water partition coefficient (Wildman–Crippen LogP) is 2.93. The van der Waals surface area contributed by atoms with Crippen LogP contribution in [0.4, 0.5) is 13.6 Å². The van der Waals surface area contributed by atoms with Gasteiger partial charge in [0.1, 0.15) is 17.8 Å². The Hall–Kier alpha value is -3.49. The molecule has 0 radical (unpaired) electrons. The van der Waals surface area contributed by atoms with Gasteiger partial charge in [-0.2, -0.15) is 0 Å². The van der Waals surface area contributed by atoms with Gasteiger partial charge in [-0.3, -0.25) is 14.5 Å². The van der Waals surface area contributed by atoms with E-state index in [4.69, 9.17) is 4.74 Å². The molecule has 2 fully saturated rings. The van der Waals surface area contributed by atoms with E-state index in [2.05, 4.69) is 5.32 Å². The number of benzene rings is 2. The summed E-state index contributed by atoms with van der Waals surface area (Å²) in [5.41, 5.74) is -0.594. The number of nitrogens with one attached hydrogen (secondary N) is 1. The van der Waals surface area contributed by atoms with Crippen LogP contribution in [0.2, 0.25) is 0 Å². The van der Waals surface area contributed by atoms with E-state index in [0.717, 1.165) is 35.4 Å². The number of hydrogen-bond donors (Lipinski definition) is 1. The highest BCUT2D eigenvalue weighted by Gasteiger charge is 2.50. The first-order valence-corrected chi connectivity index (χ1v) is 10.2. The molecule has 2 aliphatic rings. The lowest BCUT2D eigenvalue weighted by atomic mass is 9.92. The topological polar surface area (TPSA) is 79.0 Å². The molecule has 0 aromatic heterocycles. The minimum atomic E-state index is -1.59. The van der Waals surface area contributed by atoms with E-state index < -0.39 is 35.7 Å². The third kappa shape index (κ3) is 4.02. The molecule has 168 valence electrons. The zero-order chi connectivity index (χ0) is 23.0. The summed E-state index contributed by atoms with van der Waals surface area (Å²) < 4.78 is 32.2. The summed E-state index contributed by atoms with van der Waals surface area (Å²) in [4.78, 5) is 41.1. The van der Waals surface area contributed by atoms with Crippen molar-refractivity contribution in [2.45, 2.75) is 37.9 Å². The summed E-state index contributed by atoms with van der Waals surface area (Å²) >= 11 is 0. The summed E-state index contributed by atoms with van der Waals surface area (Å²) in [6.45, 7) is 1.31. The van der Waals surface area contributed by atoms with Gasteiger partial charge >= 0.3 is 6.03 Å². The second-order valence-corrected chi connectivity index (χ2v) is 8.18. The van der Waals surface area contributed by atoms with Crippen LogP contribution in [0.3, 0.4) is 0 Å². The second-order valence-electron chi connectivity index (χ2n) is 8.18. The molecule has 2 aromatic rings. The van der Waals surface area contributed by atoms with Gasteiger partial charge in [-0.05, 0) is 55.2 Å². The number of methoxy groups -OCH3 is 1. The van der Waals surface area contributed by atoms with Crippen molar-refractivity contribution in [2.24, 2.45) is 0 Å². The SMILES string of the molecule is COc1ccc(CN(C(=O)CN2C(=O)N[C@@](C)(c3ccc(F)c(F)c3)C2=O)C2CC2)cc1. The van der Waals surface area contributed by atoms with Gasteiger partial charge in [0.2, 0.25) is 5.91 Å². The Morgan fingerprint density at radius 3 is 2.44 bits per heavy atom. The Morgan fingerprint density at radius 2 is 1.84 bits per heavy atom. The van der Waals surface area contributed by atoms with Crippen molar-refractivity contribution < 1.29 is 27.9 Å².